The summed E-state index contributed by atoms with van der Waals surface area (Å²) in [6.45, 7) is 0.682. The van der Waals surface area contributed by atoms with Crippen molar-refractivity contribution in [3.8, 4) is 0 Å². The number of fused-ring (bicyclic) bond motifs is 1. The van der Waals surface area contributed by atoms with Gasteiger partial charge in [0.1, 0.15) is 0 Å². The number of urea groups is 1. The fourth-order valence-electron chi connectivity index (χ4n) is 2.29. The van der Waals surface area contributed by atoms with Crippen molar-refractivity contribution in [1.82, 2.24) is 10.3 Å². The van der Waals surface area contributed by atoms with Crippen LogP contribution in [0.15, 0.2) is 18.2 Å². The van der Waals surface area contributed by atoms with Crippen LogP contribution in [0.1, 0.15) is 23.1 Å². The number of amides is 2. The minimum absolute atomic E-state index is 0.244. The van der Waals surface area contributed by atoms with Crippen molar-refractivity contribution in [3.63, 3.8) is 0 Å². The molecule has 0 atom stereocenters. The van der Waals surface area contributed by atoms with Crippen LogP contribution in [0.3, 0.4) is 0 Å². The zero-order valence-corrected chi connectivity index (χ0v) is 10.2. The van der Waals surface area contributed by atoms with Crippen LogP contribution in [-0.2, 0) is 19.3 Å². The molecule has 2 amide bonds. The molecule has 3 N–H and O–H groups in total. The van der Waals surface area contributed by atoms with E-state index in [2.05, 4.69) is 23.6 Å². The predicted molar refractivity (Wildman–Crippen MR) is 67.5 cm³/mol. The van der Waals surface area contributed by atoms with Crippen LogP contribution in [0, 0.1) is 0 Å². The first-order valence-corrected chi connectivity index (χ1v) is 6.03. The molecular formula is C13H19N3O. The lowest BCUT2D eigenvalue weighted by Gasteiger charge is -2.16. The monoisotopic (exact) mass is 233 g/mol. The highest BCUT2D eigenvalue weighted by Crippen LogP contribution is 2.22. The van der Waals surface area contributed by atoms with Gasteiger partial charge in [-0.3, -0.25) is 5.43 Å². The van der Waals surface area contributed by atoms with E-state index >= 15 is 0 Å². The van der Waals surface area contributed by atoms with Crippen LogP contribution in [0.25, 0.3) is 0 Å². The first-order valence-electron chi connectivity index (χ1n) is 6.03. The highest BCUT2D eigenvalue weighted by Gasteiger charge is 2.11. The summed E-state index contributed by atoms with van der Waals surface area (Å²) < 4.78 is 0. The molecule has 4 heteroatoms. The van der Waals surface area contributed by atoms with Crippen LogP contribution in [0.5, 0.6) is 0 Å². The van der Waals surface area contributed by atoms with Gasteiger partial charge in [0.2, 0.25) is 0 Å². The van der Waals surface area contributed by atoms with E-state index in [1.165, 1.54) is 36.0 Å². The number of nitrogens with two attached hydrogens (primary N) is 1. The summed E-state index contributed by atoms with van der Waals surface area (Å²) >= 11 is 0. The van der Waals surface area contributed by atoms with E-state index in [1.54, 1.807) is 11.9 Å². The minimum atomic E-state index is -0.244. The van der Waals surface area contributed by atoms with Gasteiger partial charge in [-0.25, -0.2) is 10.6 Å². The van der Waals surface area contributed by atoms with Gasteiger partial charge in [-0.2, -0.15) is 0 Å². The standard InChI is InChI=1S/C13H19N3O/c1-16(13(17)15-14)8-7-10-5-6-11-3-2-4-12(11)9-10/h5-6,9H,2-4,7-8,14H2,1H3,(H,15,17). The maximum atomic E-state index is 11.2. The molecule has 0 saturated carbocycles. The Morgan fingerprint density at radius 2 is 2.18 bits per heavy atom. The molecule has 0 aromatic heterocycles. The van der Waals surface area contributed by atoms with E-state index in [0.717, 1.165) is 6.42 Å². The Hall–Kier alpha value is -1.55. The average Bonchev–Trinajstić information content (AvgIpc) is 2.82. The second-order valence-electron chi connectivity index (χ2n) is 4.58. The van der Waals surface area contributed by atoms with E-state index < -0.39 is 0 Å². The fraction of sp³-hybridized carbons (Fsp3) is 0.462. The number of likely N-dealkylation sites (N-methyl/N-ethyl adjacent to an activating group) is 1. The van der Waals surface area contributed by atoms with Crippen molar-refractivity contribution < 1.29 is 4.79 Å². The van der Waals surface area contributed by atoms with Gasteiger partial charge in [-0.15, -0.1) is 0 Å². The summed E-state index contributed by atoms with van der Waals surface area (Å²) in [6, 6.07) is 6.42. The van der Waals surface area contributed by atoms with Gasteiger partial charge < -0.3 is 4.90 Å². The molecule has 17 heavy (non-hydrogen) atoms. The maximum absolute atomic E-state index is 11.2. The molecule has 1 aliphatic rings. The number of carbonyl (C=O) groups is 1. The first-order chi connectivity index (χ1) is 8.20. The summed E-state index contributed by atoms with van der Waals surface area (Å²) in [5.74, 6) is 5.07. The molecule has 2 rings (SSSR count). The second-order valence-corrected chi connectivity index (χ2v) is 4.58. The topological polar surface area (TPSA) is 58.4 Å². The third-order valence-electron chi connectivity index (χ3n) is 3.37. The Bertz CT molecular complexity index is 417. The van der Waals surface area contributed by atoms with E-state index in [9.17, 15) is 4.79 Å². The predicted octanol–water partition coefficient (Wildman–Crippen LogP) is 1.23. The second kappa shape index (κ2) is 5.19. The Morgan fingerprint density at radius 3 is 2.94 bits per heavy atom. The quantitative estimate of drug-likeness (QED) is 0.469. The minimum Gasteiger partial charge on any atom is -0.326 e. The largest absolute Gasteiger partial charge is 0.331 e. The summed E-state index contributed by atoms with van der Waals surface area (Å²) in [7, 11) is 1.75. The first kappa shape index (κ1) is 11.9. The van der Waals surface area contributed by atoms with Crippen molar-refractivity contribution >= 4 is 6.03 Å². The molecule has 0 fully saturated rings. The molecule has 0 saturated heterocycles. The van der Waals surface area contributed by atoms with Crippen LogP contribution in [0.2, 0.25) is 0 Å². The zero-order chi connectivity index (χ0) is 12.3. The highest BCUT2D eigenvalue weighted by atomic mass is 16.2. The molecule has 4 nitrogen and oxygen atoms in total. The van der Waals surface area contributed by atoms with E-state index in [4.69, 9.17) is 5.84 Å². The van der Waals surface area contributed by atoms with Crippen LogP contribution in [0.4, 0.5) is 4.79 Å². The van der Waals surface area contributed by atoms with E-state index in [-0.39, 0.29) is 6.03 Å². The van der Waals surface area contributed by atoms with Crippen molar-refractivity contribution in [1.29, 1.82) is 0 Å². The lowest BCUT2D eigenvalue weighted by atomic mass is 10.0. The average molecular weight is 233 g/mol. The van der Waals surface area contributed by atoms with Gasteiger partial charge in [-0.1, -0.05) is 18.2 Å². The normalized spacial score (nSPS) is 13.3. The molecular weight excluding hydrogens is 214 g/mol. The van der Waals surface area contributed by atoms with E-state index in [1.807, 2.05) is 0 Å². The number of rotatable bonds is 3. The number of benzene rings is 1. The van der Waals surface area contributed by atoms with Gasteiger partial charge >= 0.3 is 6.03 Å². The maximum Gasteiger partial charge on any atom is 0.331 e. The summed E-state index contributed by atoms with van der Waals surface area (Å²) in [6.07, 6.45) is 4.55. The third kappa shape index (κ3) is 2.77. The third-order valence-corrected chi connectivity index (χ3v) is 3.37. The Morgan fingerprint density at radius 1 is 1.41 bits per heavy atom. The zero-order valence-electron chi connectivity index (χ0n) is 10.2. The molecule has 1 aromatic carbocycles. The lowest BCUT2D eigenvalue weighted by Crippen LogP contribution is -2.41. The van der Waals surface area contributed by atoms with Gasteiger partial charge in [0.25, 0.3) is 0 Å². The molecule has 1 aromatic rings. The van der Waals surface area contributed by atoms with Gasteiger partial charge in [0.15, 0.2) is 0 Å². The summed E-state index contributed by atoms with van der Waals surface area (Å²) in [4.78, 5) is 12.8. The molecule has 0 bridgehead atoms. The number of hydrazine groups is 1. The molecule has 0 spiro atoms. The fourth-order valence-corrected chi connectivity index (χ4v) is 2.29. The molecule has 1 aliphatic carbocycles. The molecule has 0 unspecified atom stereocenters. The molecule has 92 valence electrons. The number of aryl methyl sites for hydroxylation is 2. The highest BCUT2D eigenvalue weighted by molar-refractivity contribution is 5.73. The number of nitrogens with zero attached hydrogens (tertiary/aromatic N) is 1. The van der Waals surface area contributed by atoms with Gasteiger partial charge in [-0.05, 0) is 42.4 Å². The van der Waals surface area contributed by atoms with Crippen molar-refractivity contribution in [2.45, 2.75) is 25.7 Å². The smallest absolute Gasteiger partial charge is 0.326 e. The number of carbonyl (C=O) groups excluding carboxylic acids is 1. The van der Waals surface area contributed by atoms with Gasteiger partial charge in [0, 0.05) is 13.6 Å². The van der Waals surface area contributed by atoms with Crippen LogP contribution in [-0.4, -0.2) is 24.5 Å². The Labute approximate surface area is 102 Å². The van der Waals surface area contributed by atoms with Gasteiger partial charge in [0.05, 0.1) is 0 Å². The number of nitrogens with one attached hydrogen (secondary N) is 1. The summed E-state index contributed by atoms with van der Waals surface area (Å²) in [5, 5.41) is 0. The lowest BCUT2D eigenvalue weighted by molar-refractivity contribution is 0.209. The van der Waals surface area contributed by atoms with Crippen LogP contribution < -0.4 is 11.3 Å². The summed E-state index contributed by atoms with van der Waals surface area (Å²) in [5.41, 5.74) is 6.39. The Balaban J connectivity index is 1.93. The number of hydrogen-bond acceptors (Lipinski definition) is 2. The molecule has 0 aliphatic heterocycles. The van der Waals surface area contributed by atoms with Crippen molar-refractivity contribution in [3.05, 3.63) is 34.9 Å². The van der Waals surface area contributed by atoms with Crippen LogP contribution >= 0.6 is 0 Å². The van der Waals surface area contributed by atoms with Crippen molar-refractivity contribution in [2.75, 3.05) is 13.6 Å². The van der Waals surface area contributed by atoms with E-state index in [0.29, 0.717) is 6.54 Å². The molecule has 0 heterocycles. The molecule has 0 radical (unpaired) electrons. The Kier molecular flexibility index (Phi) is 3.64. The number of hydrogen-bond donors (Lipinski definition) is 2. The van der Waals surface area contributed by atoms with Crippen molar-refractivity contribution in [2.24, 2.45) is 5.84 Å². The SMILES string of the molecule is CN(CCc1ccc2c(c1)CCC2)C(=O)NN.